The van der Waals surface area contributed by atoms with Crippen molar-refractivity contribution in [2.24, 2.45) is 0 Å². The molecule has 0 saturated carbocycles. The summed E-state index contributed by atoms with van der Waals surface area (Å²) in [5.74, 6) is -1.13. The number of hydrogen-bond donors (Lipinski definition) is 1. The topological polar surface area (TPSA) is 115 Å². The van der Waals surface area contributed by atoms with E-state index in [2.05, 4.69) is 15.4 Å². The average Bonchev–Trinajstić information content (AvgIpc) is 2.52. The van der Waals surface area contributed by atoms with Crippen LogP contribution in [-0.4, -0.2) is 46.0 Å². The first-order valence-corrected chi connectivity index (χ1v) is 5.97. The number of sulfone groups is 1. The molecule has 15 heavy (non-hydrogen) atoms. The van der Waals surface area contributed by atoms with Gasteiger partial charge in [-0.25, -0.2) is 13.2 Å². The minimum atomic E-state index is -3.55. The van der Waals surface area contributed by atoms with Crippen LogP contribution in [-0.2, 0) is 14.6 Å². The number of aliphatic carboxylic acids is 1. The number of carbonyl (C=O) groups is 1. The molecular formula is C6H10N4O4S. The van der Waals surface area contributed by atoms with E-state index in [1.165, 1.54) is 0 Å². The minimum Gasteiger partial charge on any atom is -0.480 e. The van der Waals surface area contributed by atoms with E-state index in [1.54, 1.807) is 6.92 Å². The molecule has 1 aromatic rings. The highest BCUT2D eigenvalue weighted by Gasteiger charge is 2.23. The van der Waals surface area contributed by atoms with Crippen LogP contribution in [0.5, 0.6) is 0 Å². The zero-order chi connectivity index (χ0) is 11.6. The molecule has 1 rings (SSSR count). The number of rotatable bonds is 4. The Morgan fingerprint density at radius 2 is 2.20 bits per heavy atom. The van der Waals surface area contributed by atoms with Gasteiger partial charge < -0.3 is 5.11 Å². The fraction of sp³-hybridized carbons (Fsp3) is 0.667. The lowest BCUT2D eigenvalue weighted by Gasteiger charge is -2.05. The van der Waals surface area contributed by atoms with Gasteiger partial charge in [0, 0.05) is 6.26 Å². The van der Waals surface area contributed by atoms with Crippen molar-refractivity contribution >= 4 is 15.8 Å². The minimum absolute atomic E-state index is 0.245. The Morgan fingerprint density at radius 1 is 1.60 bits per heavy atom. The molecule has 0 radical (unpaired) electrons. The molecule has 9 heteroatoms. The lowest BCUT2D eigenvalue weighted by molar-refractivity contribution is -0.141. The normalized spacial score (nSPS) is 13.7. The molecule has 1 aromatic heterocycles. The third kappa shape index (κ3) is 2.49. The van der Waals surface area contributed by atoms with Gasteiger partial charge in [0.2, 0.25) is 9.84 Å². The van der Waals surface area contributed by atoms with Crippen molar-refractivity contribution in [2.75, 3.05) is 6.26 Å². The van der Waals surface area contributed by atoms with E-state index in [4.69, 9.17) is 5.11 Å². The van der Waals surface area contributed by atoms with Crippen molar-refractivity contribution in [1.29, 1.82) is 0 Å². The lowest BCUT2D eigenvalue weighted by atomic mass is 10.2. The van der Waals surface area contributed by atoms with E-state index in [1.807, 2.05) is 0 Å². The monoisotopic (exact) mass is 234 g/mol. The fourth-order valence-electron chi connectivity index (χ4n) is 0.929. The first kappa shape index (κ1) is 11.6. The Balaban J connectivity index is 3.08. The van der Waals surface area contributed by atoms with Gasteiger partial charge in [-0.1, -0.05) is 12.0 Å². The van der Waals surface area contributed by atoms with Gasteiger partial charge in [-0.3, -0.25) is 0 Å². The lowest BCUT2D eigenvalue weighted by Crippen LogP contribution is -2.21. The van der Waals surface area contributed by atoms with Gasteiger partial charge in [-0.2, -0.15) is 0 Å². The highest BCUT2D eigenvalue weighted by atomic mass is 32.2. The van der Waals surface area contributed by atoms with Gasteiger partial charge in [0.1, 0.15) is 0 Å². The van der Waals surface area contributed by atoms with Gasteiger partial charge >= 0.3 is 5.97 Å². The SMILES string of the molecule is CCC(C(=O)O)n1nnc(S(C)(=O)=O)n1. The van der Waals surface area contributed by atoms with E-state index in [-0.39, 0.29) is 6.42 Å². The van der Waals surface area contributed by atoms with E-state index < -0.39 is 27.0 Å². The van der Waals surface area contributed by atoms with Crippen LogP contribution in [0.3, 0.4) is 0 Å². The van der Waals surface area contributed by atoms with Crippen molar-refractivity contribution in [3.05, 3.63) is 0 Å². The standard InChI is InChI=1S/C6H10N4O4S/c1-3-4(5(11)12)10-8-6(7-9-10)15(2,13)14/h4H,3H2,1-2H3,(H,11,12). The predicted molar refractivity (Wildman–Crippen MR) is 47.9 cm³/mol. The zero-order valence-electron chi connectivity index (χ0n) is 8.15. The molecule has 0 bridgehead atoms. The summed E-state index contributed by atoms with van der Waals surface area (Å²) in [5.41, 5.74) is 0. The highest BCUT2D eigenvalue weighted by Crippen LogP contribution is 2.09. The Labute approximate surface area is 85.8 Å². The summed E-state index contributed by atoms with van der Waals surface area (Å²) >= 11 is 0. The van der Waals surface area contributed by atoms with Crippen LogP contribution in [0.1, 0.15) is 19.4 Å². The maximum atomic E-state index is 11.0. The Kier molecular flexibility index (Phi) is 3.03. The predicted octanol–water partition coefficient (Wildman–Crippen LogP) is -0.888. The molecule has 1 N–H and O–H groups in total. The van der Waals surface area contributed by atoms with Crippen molar-refractivity contribution in [2.45, 2.75) is 24.5 Å². The van der Waals surface area contributed by atoms with Crippen LogP contribution < -0.4 is 0 Å². The third-order valence-electron chi connectivity index (χ3n) is 1.69. The number of tetrazole rings is 1. The summed E-state index contributed by atoms with van der Waals surface area (Å²) in [7, 11) is -3.55. The van der Waals surface area contributed by atoms with Gasteiger partial charge in [-0.15, -0.1) is 9.90 Å². The molecule has 0 aromatic carbocycles. The van der Waals surface area contributed by atoms with Crippen molar-refractivity contribution in [3.8, 4) is 0 Å². The van der Waals surface area contributed by atoms with Crippen LogP contribution in [0.15, 0.2) is 5.16 Å². The summed E-state index contributed by atoms with van der Waals surface area (Å²) in [6.07, 6.45) is 1.17. The fourth-order valence-corrected chi connectivity index (χ4v) is 1.35. The van der Waals surface area contributed by atoms with Gasteiger partial charge in [0.25, 0.3) is 5.16 Å². The molecule has 0 amide bonds. The molecule has 0 aliphatic carbocycles. The highest BCUT2D eigenvalue weighted by molar-refractivity contribution is 7.90. The van der Waals surface area contributed by atoms with Crippen molar-refractivity contribution in [3.63, 3.8) is 0 Å². The Hall–Kier alpha value is -1.51. The maximum Gasteiger partial charge on any atom is 0.330 e. The molecule has 8 nitrogen and oxygen atoms in total. The Bertz CT molecular complexity index is 465. The molecule has 1 atom stereocenters. The molecule has 0 spiro atoms. The smallest absolute Gasteiger partial charge is 0.330 e. The Morgan fingerprint density at radius 3 is 2.53 bits per heavy atom. The van der Waals surface area contributed by atoms with E-state index in [9.17, 15) is 13.2 Å². The third-order valence-corrected chi connectivity index (χ3v) is 2.52. The largest absolute Gasteiger partial charge is 0.480 e. The summed E-state index contributed by atoms with van der Waals surface area (Å²) < 4.78 is 22.0. The first-order valence-electron chi connectivity index (χ1n) is 4.08. The van der Waals surface area contributed by atoms with Gasteiger partial charge in [0.15, 0.2) is 6.04 Å². The average molecular weight is 234 g/mol. The molecule has 0 aliphatic heterocycles. The van der Waals surface area contributed by atoms with Crippen LogP contribution >= 0.6 is 0 Å². The van der Waals surface area contributed by atoms with Gasteiger partial charge in [0.05, 0.1) is 0 Å². The second-order valence-electron chi connectivity index (χ2n) is 2.93. The molecule has 0 saturated heterocycles. The molecule has 84 valence electrons. The molecular weight excluding hydrogens is 224 g/mol. The number of carboxylic acid groups (broad SMARTS) is 1. The molecule has 1 heterocycles. The summed E-state index contributed by atoms with van der Waals surface area (Å²) in [6, 6.07) is -0.993. The molecule has 0 fully saturated rings. The summed E-state index contributed by atoms with van der Waals surface area (Å²) in [4.78, 5) is 11.5. The number of aromatic nitrogens is 4. The second-order valence-corrected chi connectivity index (χ2v) is 4.84. The number of carboxylic acids is 1. The molecule has 0 aliphatic rings. The van der Waals surface area contributed by atoms with E-state index in [0.29, 0.717) is 0 Å². The van der Waals surface area contributed by atoms with E-state index in [0.717, 1.165) is 11.1 Å². The molecule has 1 unspecified atom stereocenters. The quantitative estimate of drug-likeness (QED) is 0.718. The summed E-state index contributed by atoms with van der Waals surface area (Å²) in [6.45, 7) is 1.63. The van der Waals surface area contributed by atoms with Crippen LogP contribution in [0.25, 0.3) is 0 Å². The van der Waals surface area contributed by atoms with Crippen molar-refractivity contribution in [1.82, 2.24) is 20.2 Å². The van der Waals surface area contributed by atoms with E-state index >= 15 is 0 Å². The van der Waals surface area contributed by atoms with Crippen LogP contribution in [0.2, 0.25) is 0 Å². The number of hydrogen-bond acceptors (Lipinski definition) is 6. The summed E-state index contributed by atoms with van der Waals surface area (Å²) in [5, 5.41) is 18.4. The van der Waals surface area contributed by atoms with Crippen LogP contribution in [0.4, 0.5) is 0 Å². The van der Waals surface area contributed by atoms with Crippen molar-refractivity contribution < 1.29 is 18.3 Å². The van der Waals surface area contributed by atoms with Gasteiger partial charge in [-0.05, 0) is 11.6 Å². The number of nitrogens with zero attached hydrogens (tertiary/aromatic N) is 4. The maximum absolute atomic E-state index is 11.0. The zero-order valence-corrected chi connectivity index (χ0v) is 8.97. The van der Waals surface area contributed by atoms with Crippen LogP contribution in [0, 0.1) is 0 Å². The second kappa shape index (κ2) is 3.93. The first-order chi connectivity index (χ1) is 6.86.